The Morgan fingerprint density at radius 3 is 2.80 bits per heavy atom. The van der Waals surface area contributed by atoms with Crippen LogP contribution in [0.4, 0.5) is 4.39 Å². The molecular weight excluding hydrogens is 343 g/mol. The zero-order valence-corrected chi connectivity index (χ0v) is 14.1. The van der Waals surface area contributed by atoms with E-state index in [0.29, 0.717) is 35.0 Å². The number of aromatic nitrogens is 3. The van der Waals surface area contributed by atoms with Gasteiger partial charge in [0.2, 0.25) is 0 Å². The number of H-pyrrole nitrogens is 1. The fourth-order valence-electron chi connectivity index (χ4n) is 3.22. The lowest BCUT2D eigenvalue weighted by Crippen LogP contribution is -2.43. The summed E-state index contributed by atoms with van der Waals surface area (Å²) in [4.78, 5) is 25.6. The van der Waals surface area contributed by atoms with Crippen LogP contribution in [0.5, 0.6) is 0 Å². The lowest BCUT2D eigenvalue weighted by atomic mass is 9.86. The number of piperidine rings is 1. The summed E-state index contributed by atoms with van der Waals surface area (Å²) >= 11 is 5.98. The van der Waals surface area contributed by atoms with Gasteiger partial charge >= 0.3 is 0 Å². The minimum atomic E-state index is -1.46. The molecule has 0 spiro atoms. The van der Waals surface area contributed by atoms with E-state index in [1.54, 1.807) is 41.3 Å². The number of rotatable bonds is 2. The van der Waals surface area contributed by atoms with E-state index in [4.69, 9.17) is 11.6 Å². The number of alkyl halides is 1. The van der Waals surface area contributed by atoms with Crippen molar-refractivity contribution < 1.29 is 9.18 Å². The molecule has 1 aliphatic rings. The van der Waals surface area contributed by atoms with Crippen molar-refractivity contribution in [3.05, 3.63) is 59.0 Å². The first kappa shape index (κ1) is 16.0. The quantitative estimate of drug-likeness (QED) is 0.759. The van der Waals surface area contributed by atoms with Gasteiger partial charge in [0.15, 0.2) is 5.65 Å². The molecule has 0 unspecified atom stereocenters. The number of amides is 1. The third kappa shape index (κ3) is 2.98. The summed E-state index contributed by atoms with van der Waals surface area (Å²) in [7, 11) is 0. The molecular formula is C18H16ClFN4O. The number of benzene rings is 1. The molecule has 1 saturated heterocycles. The maximum absolute atomic E-state index is 15.3. The Hall–Kier alpha value is -2.47. The highest BCUT2D eigenvalue weighted by atomic mass is 35.5. The number of imidazole rings is 1. The highest BCUT2D eigenvalue weighted by Crippen LogP contribution is 2.38. The van der Waals surface area contributed by atoms with E-state index < -0.39 is 5.67 Å². The predicted octanol–water partition coefficient (Wildman–Crippen LogP) is 3.71. The number of nitrogens with one attached hydrogen (secondary N) is 1. The third-order valence-corrected chi connectivity index (χ3v) is 4.92. The van der Waals surface area contributed by atoms with Crippen LogP contribution in [0.3, 0.4) is 0 Å². The van der Waals surface area contributed by atoms with E-state index in [1.807, 2.05) is 0 Å². The molecule has 5 nitrogen and oxygen atoms in total. The minimum absolute atomic E-state index is 0.196. The molecule has 0 bridgehead atoms. The molecule has 25 heavy (non-hydrogen) atoms. The molecule has 0 atom stereocenters. The van der Waals surface area contributed by atoms with Crippen LogP contribution in [0.2, 0.25) is 5.02 Å². The summed E-state index contributed by atoms with van der Waals surface area (Å²) in [5, 5.41) is 0.518. The number of fused-ring (bicyclic) bond motifs is 1. The molecule has 2 aromatic heterocycles. The van der Waals surface area contributed by atoms with Gasteiger partial charge in [-0.3, -0.25) is 4.79 Å². The highest BCUT2D eigenvalue weighted by Gasteiger charge is 2.38. The highest BCUT2D eigenvalue weighted by molar-refractivity contribution is 6.30. The van der Waals surface area contributed by atoms with E-state index in [9.17, 15) is 4.79 Å². The Bertz CT molecular complexity index is 933. The average Bonchev–Trinajstić information content (AvgIpc) is 3.09. The van der Waals surface area contributed by atoms with E-state index in [-0.39, 0.29) is 18.7 Å². The first-order valence-electron chi connectivity index (χ1n) is 8.10. The smallest absolute Gasteiger partial charge is 0.272 e. The van der Waals surface area contributed by atoms with Gasteiger partial charge in [-0.25, -0.2) is 14.4 Å². The Balaban J connectivity index is 1.50. The summed E-state index contributed by atoms with van der Waals surface area (Å²) in [6, 6.07) is 10.3. The number of pyridine rings is 1. The number of halogens is 2. The largest absolute Gasteiger partial charge is 0.343 e. The first-order chi connectivity index (χ1) is 12.0. The van der Waals surface area contributed by atoms with Crippen molar-refractivity contribution in [2.24, 2.45) is 0 Å². The van der Waals surface area contributed by atoms with Crippen LogP contribution < -0.4 is 0 Å². The molecule has 1 fully saturated rings. The second-order valence-electron chi connectivity index (χ2n) is 6.24. The number of carbonyl (C=O) groups excluding carboxylic acids is 1. The van der Waals surface area contributed by atoms with Crippen LogP contribution in [0.15, 0.2) is 42.7 Å². The third-order valence-electron chi connectivity index (χ3n) is 4.69. The van der Waals surface area contributed by atoms with Gasteiger partial charge in [0.05, 0.1) is 11.8 Å². The van der Waals surface area contributed by atoms with Gasteiger partial charge in [0, 0.05) is 31.0 Å². The molecule has 1 aromatic carbocycles. The van der Waals surface area contributed by atoms with Crippen LogP contribution in [0.1, 0.15) is 28.9 Å². The lowest BCUT2D eigenvalue weighted by Gasteiger charge is -2.36. The van der Waals surface area contributed by atoms with Crippen molar-refractivity contribution in [1.82, 2.24) is 19.9 Å². The molecule has 0 saturated carbocycles. The number of carbonyl (C=O) groups is 1. The Kier molecular flexibility index (Phi) is 3.92. The standard InChI is InChI=1S/C18H16ClFN4O/c19-13-3-1-2-12(10-13)18(20)6-8-24(9-7-18)17(25)15-5-4-14-16(23-15)22-11-21-14/h1-5,10-11H,6-9H2,(H,21,22,23). The van der Waals surface area contributed by atoms with Crippen molar-refractivity contribution in [3.63, 3.8) is 0 Å². The number of nitrogens with zero attached hydrogens (tertiary/aromatic N) is 3. The van der Waals surface area contributed by atoms with Gasteiger partial charge in [0.1, 0.15) is 11.4 Å². The zero-order valence-electron chi connectivity index (χ0n) is 13.4. The lowest BCUT2D eigenvalue weighted by molar-refractivity contribution is 0.0417. The van der Waals surface area contributed by atoms with Gasteiger partial charge in [-0.15, -0.1) is 0 Å². The van der Waals surface area contributed by atoms with Crippen molar-refractivity contribution in [1.29, 1.82) is 0 Å². The van der Waals surface area contributed by atoms with Crippen molar-refractivity contribution in [2.75, 3.05) is 13.1 Å². The fourth-order valence-corrected chi connectivity index (χ4v) is 3.41. The molecule has 3 aromatic rings. The van der Waals surface area contributed by atoms with Crippen LogP contribution >= 0.6 is 11.6 Å². The molecule has 128 valence electrons. The van der Waals surface area contributed by atoms with Crippen molar-refractivity contribution in [3.8, 4) is 0 Å². The fraction of sp³-hybridized carbons (Fsp3) is 0.278. The van der Waals surface area contributed by atoms with Crippen LogP contribution in [0, 0.1) is 0 Å². The monoisotopic (exact) mass is 358 g/mol. The van der Waals surface area contributed by atoms with Crippen LogP contribution in [-0.4, -0.2) is 38.8 Å². The van der Waals surface area contributed by atoms with E-state index >= 15 is 4.39 Å². The number of aromatic amines is 1. The normalized spacial score (nSPS) is 17.0. The van der Waals surface area contributed by atoms with E-state index in [0.717, 1.165) is 5.52 Å². The van der Waals surface area contributed by atoms with Crippen LogP contribution in [-0.2, 0) is 5.67 Å². The van der Waals surface area contributed by atoms with Crippen molar-refractivity contribution in [2.45, 2.75) is 18.5 Å². The predicted molar refractivity (Wildman–Crippen MR) is 93.3 cm³/mol. The van der Waals surface area contributed by atoms with Crippen LogP contribution in [0.25, 0.3) is 11.2 Å². The Labute approximate surface area is 148 Å². The van der Waals surface area contributed by atoms with Gasteiger partial charge < -0.3 is 9.88 Å². The molecule has 1 N–H and O–H groups in total. The molecule has 7 heteroatoms. The first-order valence-corrected chi connectivity index (χ1v) is 8.47. The summed E-state index contributed by atoms with van der Waals surface area (Å²) in [5.74, 6) is -0.196. The topological polar surface area (TPSA) is 61.9 Å². The second-order valence-corrected chi connectivity index (χ2v) is 6.67. The molecule has 1 amide bonds. The number of hydrogen-bond acceptors (Lipinski definition) is 3. The molecule has 1 aliphatic heterocycles. The second kappa shape index (κ2) is 6.11. The summed E-state index contributed by atoms with van der Waals surface area (Å²) in [5.41, 5.74) is 0.721. The number of likely N-dealkylation sites (tertiary alicyclic amines) is 1. The van der Waals surface area contributed by atoms with Gasteiger partial charge in [-0.1, -0.05) is 23.7 Å². The maximum Gasteiger partial charge on any atom is 0.272 e. The SMILES string of the molecule is O=C(c1ccc2[nH]cnc2n1)N1CCC(F)(c2cccc(Cl)c2)CC1. The number of hydrogen-bond donors (Lipinski definition) is 1. The average molecular weight is 359 g/mol. The zero-order chi connectivity index (χ0) is 17.4. The van der Waals surface area contributed by atoms with Gasteiger partial charge in [0.25, 0.3) is 5.91 Å². The van der Waals surface area contributed by atoms with E-state index in [1.165, 1.54) is 6.33 Å². The van der Waals surface area contributed by atoms with Gasteiger partial charge in [-0.05, 0) is 29.8 Å². The molecule has 0 aliphatic carbocycles. The van der Waals surface area contributed by atoms with Crippen molar-refractivity contribution >= 4 is 28.7 Å². The minimum Gasteiger partial charge on any atom is -0.343 e. The van der Waals surface area contributed by atoms with E-state index in [2.05, 4.69) is 15.0 Å². The molecule has 3 heterocycles. The van der Waals surface area contributed by atoms with Gasteiger partial charge in [-0.2, -0.15) is 0 Å². The molecule has 0 radical (unpaired) electrons. The molecule has 4 rings (SSSR count). The Morgan fingerprint density at radius 1 is 1.24 bits per heavy atom. The maximum atomic E-state index is 15.3. The Morgan fingerprint density at radius 2 is 2.04 bits per heavy atom. The summed E-state index contributed by atoms with van der Waals surface area (Å²) in [6.45, 7) is 0.671. The summed E-state index contributed by atoms with van der Waals surface area (Å²) < 4.78 is 15.3. The summed E-state index contributed by atoms with van der Waals surface area (Å²) in [6.07, 6.45) is 2.02.